The summed E-state index contributed by atoms with van der Waals surface area (Å²) in [4.78, 5) is 4.26. The molecule has 1 unspecified atom stereocenters. The molecule has 3 rings (SSSR count). The van der Waals surface area contributed by atoms with E-state index >= 15 is 0 Å². The van der Waals surface area contributed by atoms with Gasteiger partial charge in [0.15, 0.2) is 0 Å². The standard InChI is InChI=1S/C14H16N2/c1-10-8-15-9-12-7-11(4-5-13(10)12)14-3-2-6-16-14/h4-5,7-9,14,16H,2-3,6H2,1H3. The molecule has 16 heavy (non-hydrogen) atoms. The highest BCUT2D eigenvalue weighted by atomic mass is 14.9. The molecule has 1 fully saturated rings. The molecule has 0 aliphatic carbocycles. The quantitative estimate of drug-likeness (QED) is 0.786. The van der Waals surface area contributed by atoms with Crippen LogP contribution in [0.25, 0.3) is 10.8 Å². The summed E-state index contributed by atoms with van der Waals surface area (Å²) in [7, 11) is 0. The van der Waals surface area contributed by atoms with Crippen molar-refractivity contribution in [1.29, 1.82) is 0 Å². The summed E-state index contributed by atoms with van der Waals surface area (Å²) in [6, 6.07) is 7.29. The molecular formula is C14H16N2. The van der Waals surface area contributed by atoms with Crippen LogP contribution in [0, 0.1) is 6.92 Å². The lowest BCUT2D eigenvalue weighted by atomic mass is 10.0. The highest BCUT2D eigenvalue weighted by Crippen LogP contribution is 2.26. The maximum Gasteiger partial charge on any atom is 0.0346 e. The topological polar surface area (TPSA) is 24.9 Å². The number of hydrogen-bond donors (Lipinski definition) is 1. The zero-order valence-corrected chi connectivity index (χ0v) is 9.53. The van der Waals surface area contributed by atoms with Gasteiger partial charge in [0, 0.05) is 23.8 Å². The molecule has 1 aliphatic heterocycles. The van der Waals surface area contributed by atoms with Crippen LogP contribution in [0.15, 0.2) is 30.6 Å². The molecule has 0 bridgehead atoms. The first kappa shape index (κ1) is 9.79. The minimum absolute atomic E-state index is 0.546. The maximum absolute atomic E-state index is 4.26. The summed E-state index contributed by atoms with van der Waals surface area (Å²) in [5.74, 6) is 0. The van der Waals surface area contributed by atoms with Crippen molar-refractivity contribution >= 4 is 10.8 Å². The van der Waals surface area contributed by atoms with Crippen LogP contribution in [0.4, 0.5) is 0 Å². The van der Waals surface area contributed by atoms with E-state index < -0.39 is 0 Å². The van der Waals surface area contributed by atoms with E-state index in [0.717, 1.165) is 6.54 Å². The average Bonchev–Trinajstić information content (AvgIpc) is 2.82. The van der Waals surface area contributed by atoms with E-state index in [1.807, 2.05) is 12.4 Å². The summed E-state index contributed by atoms with van der Waals surface area (Å²) in [6.45, 7) is 3.26. The summed E-state index contributed by atoms with van der Waals surface area (Å²) < 4.78 is 0. The molecule has 0 radical (unpaired) electrons. The minimum Gasteiger partial charge on any atom is -0.310 e. The third-order valence-electron chi connectivity index (χ3n) is 3.44. The van der Waals surface area contributed by atoms with Gasteiger partial charge in [0.25, 0.3) is 0 Å². The average molecular weight is 212 g/mol. The first-order valence-corrected chi connectivity index (χ1v) is 5.92. The van der Waals surface area contributed by atoms with E-state index in [-0.39, 0.29) is 0 Å². The second-order valence-electron chi connectivity index (χ2n) is 4.59. The number of nitrogens with one attached hydrogen (secondary N) is 1. The van der Waals surface area contributed by atoms with Gasteiger partial charge in [-0.25, -0.2) is 0 Å². The van der Waals surface area contributed by atoms with Gasteiger partial charge >= 0.3 is 0 Å². The van der Waals surface area contributed by atoms with Crippen molar-refractivity contribution < 1.29 is 0 Å². The number of hydrogen-bond acceptors (Lipinski definition) is 2. The summed E-state index contributed by atoms with van der Waals surface area (Å²) >= 11 is 0. The molecular weight excluding hydrogens is 196 g/mol. The van der Waals surface area contributed by atoms with Crippen LogP contribution in [0.3, 0.4) is 0 Å². The van der Waals surface area contributed by atoms with Gasteiger partial charge in [0.1, 0.15) is 0 Å². The largest absolute Gasteiger partial charge is 0.310 e. The number of pyridine rings is 1. The number of benzene rings is 1. The molecule has 1 atom stereocenters. The SMILES string of the molecule is Cc1cncc2cc(C3CCCN3)ccc12. The van der Waals surface area contributed by atoms with E-state index in [1.165, 1.54) is 34.7 Å². The second-order valence-corrected chi connectivity index (χ2v) is 4.59. The highest BCUT2D eigenvalue weighted by molar-refractivity contribution is 5.85. The number of fused-ring (bicyclic) bond motifs is 1. The number of aryl methyl sites for hydroxylation is 1. The van der Waals surface area contributed by atoms with Crippen molar-refractivity contribution in [2.45, 2.75) is 25.8 Å². The van der Waals surface area contributed by atoms with Gasteiger partial charge in [0.05, 0.1) is 0 Å². The van der Waals surface area contributed by atoms with Gasteiger partial charge < -0.3 is 5.32 Å². The van der Waals surface area contributed by atoms with E-state index in [4.69, 9.17) is 0 Å². The first-order chi connectivity index (χ1) is 7.84. The summed E-state index contributed by atoms with van der Waals surface area (Å²) in [5.41, 5.74) is 2.65. The summed E-state index contributed by atoms with van der Waals surface area (Å²) in [5, 5.41) is 6.10. The molecule has 0 amide bonds. The maximum atomic E-state index is 4.26. The fourth-order valence-electron chi connectivity index (χ4n) is 2.53. The molecule has 1 aromatic carbocycles. The van der Waals surface area contributed by atoms with Crippen LogP contribution in [-0.4, -0.2) is 11.5 Å². The second kappa shape index (κ2) is 3.87. The zero-order valence-electron chi connectivity index (χ0n) is 9.53. The Hall–Kier alpha value is -1.41. The predicted octanol–water partition coefficient (Wildman–Crippen LogP) is 2.97. The Morgan fingerprint density at radius 3 is 3.06 bits per heavy atom. The third kappa shape index (κ3) is 1.59. The Morgan fingerprint density at radius 1 is 1.31 bits per heavy atom. The fraction of sp³-hybridized carbons (Fsp3) is 0.357. The van der Waals surface area contributed by atoms with Crippen LogP contribution in [0.1, 0.15) is 30.0 Å². The van der Waals surface area contributed by atoms with Crippen LogP contribution in [-0.2, 0) is 0 Å². The fourth-order valence-corrected chi connectivity index (χ4v) is 2.53. The molecule has 1 saturated heterocycles. The van der Waals surface area contributed by atoms with Gasteiger partial charge in [-0.1, -0.05) is 12.1 Å². The molecule has 1 aliphatic rings. The minimum atomic E-state index is 0.546. The third-order valence-corrected chi connectivity index (χ3v) is 3.44. The molecule has 2 aromatic rings. The van der Waals surface area contributed by atoms with E-state index in [2.05, 4.69) is 35.4 Å². The molecule has 2 heterocycles. The molecule has 1 aromatic heterocycles. The van der Waals surface area contributed by atoms with Gasteiger partial charge in [0.2, 0.25) is 0 Å². The van der Waals surface area contributed by atoms with Crippen molar-refractivity contribution in [3.63, 3.8) is 0 Å². The van der Waals surface area contributed by atoms with Gasteiger partial charge in [-0.2, -0.15) is 0 Å². The number of aromatic nitrogens is 1. The smallest absolute Gasteiger partial charge is 0.0346 e. The Labute approximate surface area is 95.7 Å². The van der Waals surface area contributed by atoms with Gasteiger partial charge in [-0.15, -0.1) is 0 Å². The van der Waals surface area contributed by atoms with Gasteiger partial charge in [-0.05, 0) is 48.9 Å². The molecule has 2 nitrogen and oxygen atoms in total. The number of rotatable bonds is 1. The lowest BCUT2D eigenvalue weighted by Crippen LogP contribution is -2.12. The lowest BCUT2D eigenvalue weighted by Gasteiger charge is -2.11. The molecule has 2 heteroatoms. The Kier molecular flexibility index (Phi) is 2.37. The van der Waals surface area contributed by atoms with E-state index in [9.17, 15) is 0 Å². The Bertz CT molecular complexity index is 513. The van der Waals surface area contributed by atoms with Crippen LogP contribution in [0.5, 0.6) is 0 Å². The van der Waals surface area contributed by atoms with E-state index in [1.54, 1.807) is 0 Å². The predicted molar refractivity (Wildman–Crippen MR) is 66.5 cm³/mol. The van der Waals surface area contributed by atoms with Crippen molar-refractivity contribution in [3.8, 4) is 0 Å². The van der Waals surface area contributed by atoms with E-state index in [0.29, 0.717) is 6.04 Å². The van der Waals surface area contributed by atoms with Crippen LogP contribution >= 0.6 is 0 Å². The number of nitrogens with zero attached hydrogens (tertiary/aromatic N) is 1. The lowest BCUT2D eigenvalue weighted by molar-refractivity contribution is 0.648. The van der Waals surface area contributed by atoms with Crippen molar-refractivity contribution in [2.75, 3.05) is 6.54 Å². The molecule has 0 saturated carbocycles. The highest BCUT2D eigenvalue weighted by Gasteiger charge is 2.16. The Morgan fingerprint density at radius 2 is 2.25 bits per heavy atom. The van der Waals surface area contributed by atoms with Crippen molar-refractivity contribution in [2.24, 2.45) is 0 Å². The molecule has 0 spiro atoms. The summed E-state index contributed by atoms with van der Waals surface area (Å²) in [6.07, 6.45) is 6.43. The van der Waals surface area contributed by atoms with Crippen molar-refractivity contribution in [1.82, 2.24) is 10.3 Å². The first-order valence-electron chi connectivity index (χ1n) is 5.92. The van der Waals surface area contributed by atoms with Crippen molar-refractivity contribution in [3.05, 3.63) is 41.7 Å². The Balaban J connectivity index is 2.08. The molecule has 1 N–H and O–H groups in total. The van der Waals surface area contributed by atoms with Crippen LogP contribution < -0.4 is 5.32 Å². The zero-order chi connectivity index (χ0) is 11.0. The monoisotopic (exact) mass is 212 g/mol. The normalized spacial score (nSPS) is 20.4. The van der Waals surface area contributed by atoms with Gasteiger partial charge in [-0.3, -0.25) is 4.98 Å². The van der Waals surface area contributed by atoms with Crippen LogP contribution in [0.2, 0.25) is 0 Å². The molecule has 82 valence electrons.